The molecule has 1 heterocycles. The average Bonchev–Trinajstić information content (AvgIpc) is 2.86. The summed E-state index contributed by atoms with van der Waals surface area (Å²) in [4.78, 5) is 12.4. The Bertz CT molecular complexity index is 540. The third kappa shape index (κ3) is 3.39. The Kier molecular flexibility index (Phi) is 4.45. The zero-order chi connectivity index (χ0) is 12.8. The van der Waals surface area contributed by atoms with Gasteiger partial charge in [0.2, 0.25) is 0 Å². The number of benzene rings is 1. The standard InChI is InChI=1S/C15H15NOS/c1-16-10-13-4-2-12(3-5-13)6-7-14-8-9-15(11-17)18-14/h2-9,11,16H,10H2,1H3. The second kappa shape index (κ2) is 6.28. The molecule has 0 aliphatic carbocycles. The summed E-state index contributed by atoms with van der Waals surface area (Å²) in [6, 6.07) is 12.2. The van der Waals surface area contributed by atoms with E-state index in [1.807, 2.05) is 25.3 Å². The number of thiophene rings is 1. The fourth-order valence-corrected chi connectivity index (χ4v) is 2.38. The number of nitrogens with one attached hydrogen (secondary N) is 1. The second-order valence-electron chi connectivity index (χ2n) is 3.96. The summed E-state index contributed by atoms with van der Waals surface area (Å²) in [7, 11) is 1.94. The van der Waals surface area contributed by atoms with Crippen molar-refractivity contribution >= 4 is 29.8 Å². The average molecular weight is 257 g/mol. The molecular formula is C15H15NOS. The van der Waals surface area contributed by atoms with Gasteiger partial charge in [-0.2, -0.15) is 0 Å². The molecule has 0 unspecified atom stereocenters. The van der Waals surface area contributed by atoms with Crippen LogP contribution in [0.25, 0.3) is 12.2 Å². The van der Waals surface area contributed by atoms with Gasteiger partial charge < -0.3 is 5.32 Å². The van der Waals surface area contributed by atoms with Gasteiger partial charge in [-0.25, -0.2) is 0 Å². The fourth-order valence-electron chi connectivity index (χ4n) is 1.65. The minimum Gasteiger partial charge on any atom is -0.316 e. The first-order valence-corrected chi connectivity index (χ1v) is 6.60. The molecule has 3 heteroatoms. The van der Waals surface area contributed by atoms with Crippen LogP contribution >= 0.6 is 11.3 Å². The van der Waals surface area contributed by atoms with Gasteiger partial charge in [-0.15, -0.1) is 11.3 Å². The Morgan fingerprint density at radius 1 is 1.06 bits per heavy atom. The Labute approximate surface area is 111 Å². The van der Waals surface area contributed by atoms with E-state index in [0.717, 1.165) is 28.1 Å². The molecule has 18 heavy (non-hydrogen) atoms. The molecule has 92 valence electrons. The first kappa shape index (κ1) is 12.7. The highest BCUT2D eigenvalue weighted by molar-refractivity contribution is 7.14. The van der Waals surface area contributed by atoms with E-state index in [1.54, 1.807) is 0 Å². The molecule has 0 radical (unpaired) electrons. The molecule has 1 aromatic carbocycles. The first-order chi connectivity index (χ1) is 8.81. The predicted octanol–water partition coefficient (Wildman–Crippen LogP) is 3.45. The molecule has 0 amide bonds. The van der Waals surface area contributed by atoms with Gasteiger partial charge in [0, 0.05) is 11.4 Å². The number of rotatable bonds is 5. The highest BCUT2D eigenvalue weighted by Crippen LogP contribution is 2.17. The van der Waals surface area contributed by atoms with E-state index in [4.69, 9.17) is 0 Å². The topological polar surface area (TPSA) is 29.1 Å². The molecule has 0 aliphatic rings. The molecule has 0 fully saturated rings. The molecule has 1 N–H and O–H groups in total. The number of carbonyl (C=O) groups excluding carboxylic acids is 1. The van der Waals surface area contributed by atoms with Crippen molar-refractivity contribution in [3.63, 3.8) is 0 Å². The number of carbonyl (C=O) groups is 1. The monoisotopic (exact) mass is 257 g/mol. The van der Waals surface area contributed by atoms with Crippen LogP contribution in [0.4, 0.5) is 0 Å². The van der Waals surface area contributed by atoms with E-state index in [0.29, 0.717) is 0 Å². The van der Waals surface area contributed by atoms with Crippen molar-refractivity contribution in [3.05, 3.63) is 57.3 Å². The molecule has 0 saturated carbocycles. The van der Waals surface area contributed by atoms with Crippen molar-refractivity contribution in [2.75, 3.05) is 7.05 Å². The van der Waals surface area contributed by atoms with Gasteiger partial charge in [0.1, 0.15) is 0 Å². The van der Waals surface area contributed by atoms with E-state index in [9.17, 15) is 4.79 Å². The van der Waals surface area contributed by atoms with Gasteiger partial charge in [0.25, 0.3) is 0 Å². The summed E-state index contributed by atoms with van der Waals surface area (Å²) in [6.45, 7) is 0.887. The summed E-state index contributed by atoms with van der Waals surface area (Å²) in [5.74, 6) is 0. The molecule has 2 nitrogen and oxygen atoms in total. The first-order valence-electron chi connectivity index (χ1n) is 5.78. The van der Waals surface area contributed by atoms with E-state index < -0.39 is 0 Å². The van der Waals surface area contributed by atoms with Crippen LogP contribution in [0, 0.1) is 0 Å². The van der Waals surface area contributed by atoms with Gasteiger partial charge in [-0.1, -0.05) is 30.3 Å². The van der Waals surface area contributed by atoms with Gasteiger partial charge in [-0.3, -0.25) is 4.79 Å². The maximum absolute atomic E-state index is 10.6. The van der Waals surface area contributed by atoms with Crippen LogP contribution < -0.4 is 5.32 Å². The minimum absolute atomic E-state index is 0.763. The SMILES string of the molecule is CNCc1ccc(C=Cc2ccc(C=O)s2)cc1. The van der Waals surface area contributed by atoms with E-state index >= 15 is 0 Å². The third-order valence-electron chi connectivity index (χ3n) is 2.56. The van der Waals surface area contributed by atoms with Crippen LogP contribution in [0.3, 0.4) is 0 Å². The molecule has 0 saturated heterocycles. The largest absolute Gasteiger partial charge is 0.316 e. The van der Waals surface area contributed by atoms with Crippen molar-refractivity contribution in [2.45, 2.75) is 6.54 Å². The fraction of sp³-hybridized carbons (Fsp3) is 0.133. The van der Waals surface area contributed by atoms with Gasteiger partial charge >= 0.3 is 0 Å². The summed E-state index contributed by atoms with van der Waals surface area (Å²) in [5.41, 5.74) is 2.44. The zero-order valence-electron chi connectivity index (χ0n) is 10.2. The van der Waals surface area contributed by atoms with Crippen LogP contribution in [-0.2, 0) is 6.54 Å². The third-order valence-corrected chi connectivity index (χ3v) is 3.54. The summed E-state index contributed by atoms with van der Waals surface area (Å²) in [6.07, 6.45) is 4.98. The predicted molar refractivity (Wildman–Crippen MR) is 77.8 cm³/mol. The van der Waals surface area contributed by atoms with Crippen LogP contribution in [-0.4, -0.2) is 13.3 Å². The number of hydrogen-bond donors (Lipinski definition) is 1. The zero-order valence-corrected chi connectivity index (χ0v) is 11.0. The molecule has 0 atom stereocenters. The van der Waals surface area contributed by atoms with Crippen LogP contribution in [0.1, 0.15) is 25.7 Å². The maximum Gasteiger partial charge on any atom is 0.160 e. The second-order valence-corrected chi connectivity index (χ2v) is 5.11. The van der Waals surface area contributed by atoms with Crippen LogP contribution in [0.15, 0.2) is 36.4 Å². The smallest absolute Gasteiger partial charge is 0.160 e. The number of aldehydes is 1. The summed E-state index contributed by atoms with van der Waals surface area (Å²) < 4.78 is 0. The lowest BCUT2D eigenvalue weighted by molar-refractivity contribution is 0.112. The van der Waals surface area contributed by atoms with E-state index in [-0.39, 0.29) is 0 Å². The summed E-state index contributed by atoms with van der Waals surface area (Å²) in [5, 5.41) is 3.12. The number of hydrogen-bond acceptors (Lipinski definition) is 3. The highest BCUT2D eigenvalue weighted by Gasteiger charge is 1.95. The minimum atomic E-state index is 0.763. The molecule has 1 aromatic heterocycles. The quantitative estimate of drug-likeness (QED) is 0.831. The molecule has 2 rings (SSSR count). The van der Waals surface area contributed by atoms with Crippen molar-refractivity contribution in [2.24, 2.45) is 0 Å². The Morgan fingerprint density at radius 2 is 1.78 bits per heavy atom. The van der Waals surface area contributed by atoms with Crippen LogP contribution in [0.2, 0.25) is 0 Å². The van der Waals surface area contributed by atoms with Crippen LogP contribution in [0.5, 0.6) is 0 Å². The van der Waals surface area contributed by atoms with Gasteiger partial charge in [0.05, 0.1) is 4.88 Å². The lowest BCUT2D eigenvalue weighted by Crippen LogP contribution is -2.04. The molecule has 0 spiro atoms. The van der Waals surface area contributed by atoms with Crippen molar-refractivity contribution in [1.29, 1.82) is 0 Å². The van der Waals surface area contributed by atoms with Gasteiger partial charge in [-0.05, 0) is 36.4 Å². The normalized spacial score (nSPS) is 10.9. The van der Waals surface area contributed by atoms with E-state index in [1.165, 1.54) is 16.9 Å². The highest BCUT2D eigenvalue weighted by atomic mass is 32.1. The maximum atomic E-state index is 10.6. The Morgan fingerprint density at radius 3 is 2.39 bits per heavy atom. The van der Waals surface area contributed by atoms with Gasteiger partial charge in [0.15, 0.2) is 6.29 Å². The molecular weight excluding hydrogens is 242 g/mol. The Hall–Kier alpha value is -1.71. The lowest BCUT2D eigenvalue weighted by Gasteiger charge is -1.99. The molecule has 0 bridgehead atoms. The van der Waals surface area contributed by atoms with Crippen molar-refractivity contribution in [1.82, 2.24) is 5.32 Å². The molecule has 0 aliphatic heterocycles. The Balaban J connectivity index is 2.06. The lowest BCUT2D eigenvalue weighted by atomic mass is 10.1. The summed E-state index contributed by atoms with van der Waals surface area (Å²) >= 11 is 1.50. The van der Waals surface area contributed by atoms with Crippen molar-refractivity contribution in [3.8, 4) is 0 Å². The van der Waals surface area contributed by atoms with E-state index in [2.05, 4.69) is 35.7 Å². The van der Waals surface area contributed by atoms with Crippen molar-refractivity contribution < 1.29 is 4.79 Å². The molecule has 2 aromatic rings.